The summed E-state index contributed by atoms with van der Waals surface area (Å²) in [5.41, 5.74) is 8.29. The maximum atomic E-state index is 6.15. The Kier molecular flexibility index (Phi) is 5.49. The molecule has 3 nitrogen and oxygen atoms in total. The van der Waals surface area contributed by atoms with Crippen LogP contribution in [0.5, 0.6) is 0 Å². The third-order valence-electron chi connectivity index (χ3n) is 3.71. The van der Waals surface area contributed by atoms with E-state index in [1.54, 1.807) is 0 Å². The van der Waals surface area contributed by atoms with Gasteiger partial charge in [-0.2, -0.15) is 0 Å². The van der Waals surface area contributed by atoms with Crippen molar-refractivity contribution in [2.24, 2.45) is 5.73 Å². The van der Waals surface area contributed by atoms with E-state index in [-0.39, 0.29) is 0 Å². The summed E-state index contributed by atoms with van der Waals surface area (Å²) in [6.45, 7) is 8.58. The number of nitrogens with two attached hydrogens (primary N) is 1. The fraction of sp³-hybridized carbons (Fsp3) is 0.600. The van der Waals surface area contributed by atoms with Crippen LogP contribution in [0, 0.1) is 0 Å². The third kappa shape index (κ3) is 3.85. The minimum Gasteiger partial charge on any atom is -0.369 e. The molecule has 0 saturated carbocycles. The van der Waals surface area contributed by atoms with Gasteiger partial charge in [0.1, 0.15) is 0 Å². The molecule has 1 aliphatic rings. The maximum Gasteiger partial charge on any atom is 0.0426 e. The molecule has 1 saturated heterocycles. The number of halogens is 1. The van der Waals surface area contributed by atoms with Crippen molar-refractivity contribution in [1.82, 2.24) is 4.90 Å². The summed E-state index contributed by atoms with van der Waals surface area (Å²) in [6, 6.07) is 6.16. The van der Waals surface area contributed by atoms with Crippen LogP contribution in [-0.4, -0.2) is 44.2 Å². The van der Waals surface area contributed by atoms with Crippen LogP contribution in [-0.2, 0) is 6.42 Å². The Bertz CT molecular complexity index is 400. The highest BCUT2D eigenvalue weighted by Crippen LogP contribution is 2.26. The van der Waals surface area contributed by atoms with Crippen molar-refractivity contribution in [2.45, 2.75) is 19.8 Å². The van der Waals surface area contributed by atoms with Crippen LogP contribution in [0.15, 0.2) is 18.2 Å². The SMILES string of the molecule is CCCN1CCN(c2cc(Cl)ccc2CCN)CC1. The lowest BCUT2D eigenvalue weighted by Gasteiger charge is -2.37. The molecule has 1 aromatic rings. The molecule has 106 valence electrons. The van der Waals surface area contributed by atoms with Crippen LogP contribution in [0.3, 0.4) is 0 Å². The predicted octanol–water partition coefficient (Wildman–Crippen LogP) is 2.37. The quantitative estimate of drug-likeness (QED) is 0.899. The molecule has 0 unspecified atom stereocenters. The van der Waals surface area contributed by atoms with Crippen LogP contribution in [0.25, 0.3) is 0 Å². The van der Waals surface area contributed by atoms with Gasteiger partial charge in [-0.15, -0.1) is 0 Å². The summed E-state index contributed by atoms with van der Waals surface area (Å²) in [6.07, 6.45) is 2.15. The summed E-state index contributed by atoms with van der Waals surface area (Å²) < 4.78 is 0. The van der Waals surface area contributed by atoms with E-state index < -0.39 is 0 Å². The van der Waals surface area contributed by atoms with Crippen molar-refractivity contribution in [3.05, 3.63) is 28.8 Å². The molecule has 0 bridgehead atoms. The molecular formula is C15H24ClN3. The van der Waals surface area contributed by atoms with E-state index in [4.69, 9.17) is 17.3 Å². The maximum absolute atomic E-state index is 6.15. The second kappa shape index (κ2) is 7.13. The molecule has 1 aromatic carbocycles. The van der Waals surface area contributed by atoms with E-state index in [0.29, 0.717) is 6.54 Å². The van der Waals surface area contributed by atoms with Crippen molar-refractivity contribution in [3.8, 4) is 0 Å². The summed E-state index contributed by atoms with van der Waals surface area (Å²) in [4.78, 5) is 4.98. The van der Waals surface area contributed by atoms with Gasteiger partial charge < -0.3 is 10.6 Å². The normalized spacial score (nSPS) is 16.9. The Morgan fingerprint density at radius 1 is 1.21 bits per heavy atom. The molecule has 1 fully saturated rings. The molecule has 2 rings (SSSR count). The Morgan fingerprint density at radius 2 is 1.95 bits per heavy atom. The first-order valence-electron chi connectivity index (χ1n) is 7.20. The standard InChI is InChI=1S/C15H24ClN3/c1-2-7-18-8-10-19(11-9-18)15-12-14(16)4-3-13(15)5-6-17/h3-4,12H,2,5-11,17H2,1H3. The number of anilines is 1. The van der Waals surface area contributed by atoms with E-state index >= 15 is 0 Å². The summed E-state index contributed by atoms with van der Waals surface area (Å²) >= 11 is 6.15. The molecular weight excluding hydrogens is 258 g/mol. The third-order valence-corrected chi connectivity index (χ3v) is 3.95. The fourth-order valence-corrected chi connectivity index (χ4v) is 2.89. The van der Waals surface area contributed by atoms with Crippen molar-refractivity contribution >= 4 is 17.3 Å². The first-order chi connectivity index (χ1) is 9.24. The second-order valence-electron chi connectivity index (χ2n) is 5.14. The van der Waals surface area contributed by atoms with Gasteiger partial charge in [-0.05, 0) is 43.6 Å². The Morgan fingerprint density at radius 3 is 2.58 bits per heavy atom. The zero-order valence-electron chi connectivity index (χ0n) is 11.7. The van der Waals surface area contributed by atoms with Gasteiger partial charge in [0.25, 0.3) is 0 Å². The van der Waals surface area contributed by atoms with Crippen LogP contribution in [0.1, 0.15) is 18.9 Å². The smallest absolute Gasteiger partial charge is 0.0426 e. The van der Waals surface area contributed by atoms with Crippen LogP contribution >= 0.6 is 11.6 Å². The number of rotatable bonds is 5. The molecule has 19 heavy (non-hydrogen) atoms. The first kappa shape index (κ1) is 14.6. The molecule has 0 spiro atoms. The molecule has 0 aromatic heterocycles. The van der Waals surface area contributed by atoms with Gasteiger partial charge in [0.05, 0.1) is 0 Å². The van der Waals surface area contributed by atoms with E-state index in [1.165, 1.54) is 24.2 Å². The van der Waals surface area contributed by atoms with Crippen molar-refractivity contribution in [3.63, 3.8) is 0 Å². The van der Waals surface area contributed by atoms with E-state index in [1.807, 2.05) is 6.07 Å². The van der Waals surface area contributed by atoms with Crippen molar-refractivity contribution in [1.29, 1.82) is 0 Å². The largest absolute Gasteiger partial charge is 0.369 e. The number of benzene rings is 1. The molecule has 1 aliphatic heterocycles. The molecule has 2 N–H and O–H groups in total. The van der Waals surface area contributed by atoms with Crippen LogP contribution in [0.4, 0.5) is 5.69 Å². The van der Waals surface area contributed by atoms with Crippen LogP contribution in [0.2, 0.25) is 5.02 Å². The lowest BCUT2D eigenvalue weighted by atomic mass is 10.1. The van der Waals surface area contributed by atoms with Gasteiger partial charge in [0, 0.05) is 36.9 Å². The highest BCUT2D eigenvalue weighted by atomic mass is 35.5. The van der Waals surface area contributed by atoms with E-state index in [2.05, 4.69) is 28.9 Å². The molecule has 0 aliphatic carbocycles. The average Bonchev–Trinajstić information content (AvgIpc) is 2.42. The average molecular weight is 282 g/mol. The van der Waals surface area contributed by atoms with Gasteiger partial charge >= 0.3 is 0 Å². The van der Waals surface area contributed by atoms with E-state index in [0.717, 1.165) is 37.6 Å². The zero-order chi connectivity index (χ0) is 13.7. The second-order valence-corrected chi connectivity index (χ2v) is 5.58. The first-order valence-corrected chi connectivity index (χ1v) is 7.58. The molecule has 1 heterocycles. The molecule has 4 heteroatoms. The summed E-state index contributed by atoms with van der Waals surface area (Å²) in [5.74, 6) is 0. The van der Waals surface area contributed by atoms with Crippen molar-refractivity contribution in [2.75, 3.05) is 44.2 Å². The lowest BCUT2D eigenvalue weighted by Crippen LogP contribution is -2.46. The van der Waals surface area contributed by atoms with Gasteiger partial charge in [0.15, 0.2) is 0 Å². The monoisotopic (exact) mass is 281 g/mol. The highest BCUT2D eigenvalue weighted by molar-refractivity contribution is 6.30. The number of piperazine rings is 1. The Hall–Kier alpha value is -0.770. The Balaban J connectivity index is 2.07. The highest BCUT2D eigenvalue weighted by Gasteiger charge is 2.18. The number of nitrogens with zero attached hydrogens (tertiary/aromatic N) is 2. The van der Waals surface area contributed by atoms with Crippen LogP contribution < -0.4 is 10.6 Å². The topological polar surface area (TPSA) is 32.5 Å². The van der Waals surface area contributed by atoms with Crippen molar-refractivity contribution < 1.29 is 0 Å². The van der Waals surface area contributed by atoms with E-state index in [9.17, 15) is 0 Å². The predicted molar refractivity (Wildman–Crippen MR) is 83.2 cm³/mol. The molecule has 0 radical (unpaired) electrons. The number of hydrogen-bond donors (Lipinski definition) is 1. The number of hydrogen-bond acceptors (Lipinski definition) is 3. The minimum atomic E-state index is 0.685. The van der Waals surface area contributed by atoms with Gasteiger partial charge in [0.2, 0.25) is 0 Å². The van der Waals surface area contributed by atoms with Gasteiger partial charge in [-0.1, -0.05) is 24.6 Å². The fourth-order valence-electron chi connectivity index (χ4n) is 2.73. The minimum absolute atomic E-state index is 0.685. The lowest BCUT2D eigenvalue weighted by molar-refractivity contribution is 0.258. The zero-order valence-corrected chi connectivity index (χ0v) is 12.5. The Labute approximate surface area is 121 Å². The summed E-state index contributed by atoms with van der Waals surface area (Å²) in [5, 5.41) is 0.812. The molecule has 0 atom stereocenters. The van der Waals surface area contributed by atoms with Gasteiger partial charge in [-0.3, -0.25) is 4.90 Å². The molecule has 0 amide bonds. The van der Waals surface area contributed by atoms with Gasteiger partial charge in [-0.25, -0.2) is 0 Å². The summed E-state index contributed by atoms with van der Waals surface area (Å²) in [7, 11) is 0.